The van der Waals surface area contributed by atoms with E-state index in [-0.39, 0.29) is 0 Å². The van der Waals surface area contributed by atoms with Crippen LogP contribution in [0.25, 0.3) is 32.7 Å². The Morgan fingerprint density at radius 1 is 0.714 bits per heavy atom. The molecule has 0 heterocycles. The van der Waals surface area contributed by atoms with Crippen LogP contribution in [0, 0.1) is 6.92 Å². The van der Waals surface area contributed by atoms with E-state index in [4.69, 9.17) is 1.37 Å². The maximum atomic E-state index is 8.13. The molecule has 21 heavy (non-hydrogen) atoms. The monoisotopic (exact) mass is 270 g/mol. The van der Waals surface area contributed by atoms with E-state index in [0.29, 0.717) is 6.04 Å². The van der Waals surface area contributed by atoms with Crippen molar-refractivity contribution in [3.05, 3.63) is 84.4 Å². The minimum Gasteiger partial charge on any atom is -0.0616 e. The van der Waals surface area contributed by atoms with Gasteiger partial charge >= 0.3 is 0 Å². The van der Waals surface area contributed by atoms with Crippen molar-refractivity contribution in [1.29, 1.82) is 0 Å². The zero-order valence-electron chi connectivity index (χ0n) is 12.9. The van der Waals surface area contributed by atoms with Gasteiger partial charge in [0.25, 0.3) is 0 Å². The zero-order valence-corrected chi connectivity index (χ0v) is 11.9. The molecule has 0 saturated heterocycles. The molecule has 0 radical (unpaired) electrons. The van der Waals surface area contributed by atoms with Crippen molar-refractivity contribution in [1.82, 2.24) is 0 Å². The molecule has 0 heteroatoms. The second kappa shape index (κ2) is 4.75. The SMILES string of the molecule is [3H]c1cc(-c2c3ccccc3cc3ccccc23)ccc1C. The molecule has 0 aliphatic carbocycles. The van der Waals surface area contributed by atoms with Crippen LogP contribution < -0.4 is 0 Å². The number of hydrogen-bond acceptors (Lipinski definition) is 0. The zero-order chi connectivity index (χ0) is 15.1. The van der Waals surface area contributed by atoms with Crippen molar-refractivity contribution in [3.63, 3.8) is 0 Å². The van der Waals surface area contributed by atoms with Crippen molar-refractivity contribution in [3.8, 4) is 11.1 Å². The van der Waals surface area contributed by atoms with Gasteiger partial charge in [0.2, 0.25) is 0 Å². The van der Waals surface area contributed by atoms with Crippen molar-refractivity contribution in [2.24, 2.45) is 0 Å². The summed E-state index contributed by atoms with van der Waals surface area (Å²) < 4.78 is 8.13. The average Bonchev–Trinajstić information content (AvgIpc) is 2.55. The molecule has 0 amide bonds. The molecule has 0 saturated carbocycles. The molecule has 0 N–H and O–H groups in total. The van der Waals surface area contributed by atoms with Gasteiger partial charge in [-0.2, -0.15) is 0 Å². The molecule has 0 aliphatic rings. The first-order valence-corrected chi connectivity index (χ1v) is 7.22. The molecule has 0 aromatic heterocycles. The van der Waals surface area contributed by atoms with Gasteiger partial charge < -0.3 is 0 Å². The van der Waals surface area contributed by atoms with E-state index in [0.717, 1.165) is 11.1 Å². The standard InChI is InChI=1S/C21H16/c1-15-10-12-16(13-11-15)21-19-8-4-2-6-17(19)14-18-7-3-5-9-20(18)21/h2-14H,1H3/i10T. The van der Waals surface area contributed by atoms with Crippen LogP contribution in [0.2, 0.25) is 0 Å². The highest BCUT2D eigenvalue weighted by molar-refractivity contribution is 6.12. The van der Waals surface area contributed by atoms with E-state index >= 15 is 0 Å². The highest BCUT2D eigenvalue weighted by Gasteiger charge is 2.09. The van der Waals surface area contributed by atoms with Crippen molar-refractivity contribution in [2.45, 2.75) is 6.92 Å². The van der Waals surface area contributed by atoms with Gasteiger partial charge in [0, 0.05) is 0 Å². The molecule has 0 spiro atoms. The Bertz CT molecular complexity index is 945. The van der Waals surface area contributed by atoms with Crippen molar-refractivity contribution >= 4 is 21.5 Å². The first kappa shape index (κ1) is 11.1. The van der Waals surface area contributed by atoms with Gasteiger partial charge in [-0.3, -0.25) is 0 Å². The first-order valence-electron chi connectivity index (χ1n) is 7.72. The number of fused-ring (bicyclic) bond motifs is 2. The van der Waals surface area contributed by atoms with Crippen LogP contribution in [0.15, 0.2) is 78.8 Å². The lowest BCUT2D eigenvalue weighted by atomic mass is 9.92. The molecule has 0 aliphatic heterocycles. The van der Waals surface area contributed by atoms with Crippen LogP contribution in [0.3, 0.4) is 0 Å². The highest BCUT2D eigenvalue weighted by atomic mass is 14.1. The number of hydrogen-bond donors (Lipinski definition) is 0. The van der Waals surface area contributed by atoms with Gasteiger partial charge in [-0.05, 0) is 45.7 Å². The summed E-state index contributed by atoms with van der Waals surface area (Å²) in [6.45, 7) is 1.98. The summed E-state index contributed by atoms with van der Waals surface area (Å²) in [6.07, 6.45) is 0. The van der Waals surface area contributed by atoms with Gasteiger partial charge in [0.15, 0.2) is 0 Å². The Balaban J connectivity index is 2.18. The quantitative estimate of drug-likeness (QED) is 0.374. The van der Waals surface area contributed by atoms with Gasteiger partial charge in [-0.15, -0.1) is 0 Å². The molecule has 0 unspecified atom stereocenters. The van der Waals surface area contributed by atoms with E-state index in [1.165, 1.54) is 27.1 Å². The van der Waals surface area contributed by atoms with E-state index in [1.807, 2.05) is 19.1 Å². The summed E-state index contributed by atoms with van der Waals surface area (Å²) in [4.78, 5) is 0. The van der Waals surface area contributed by atoms with Gasteiger partial charge in [-0.25, -0.2) is 0 Å². The minimum absolute atomic E-state index is 0.592. The topological polar surface area (TPSA) is 0 Å². The number of aryl methyl sites for hydroxylation is 1. The maximum absolute atomic E-state index is 8.13. The van der Waals surface area contributed by atoms with Crippen molar-refractivity contribution in [2.75, 3.05) is 0 Å². The normalized spacial score (nSPS) is 11.8. The third kappa shape index (κ3) is 2.00. The molecular formula is C21H16. The van der Waals surface area contributed by atoms with Crippen molar-refractivity contribution < 1.29 is 1.37 Å². The van der Waals surface area contributed by atoms with Gasteiger partial charge in [0.05, 0.1) is 1.37 Å². The lowest BCUT2D eigenvalue weighted by Gasteiger charge is -2.12. The second-order valence-corrected chi connectivity index (χ2v) is 5.45. The first-order chi connectivity index (χ1) is 10.7. The average molecular weight is 270 g/mol. The Labute approximate surface area is 126 Å². The largest absolute Gasteiger partial charge is 0.0626 e. The molecule has 0 bridgehead atoms. The summed E-state index contributed by atoms with van der Waals surface area (Å²) in [5, 5.41) is 4.96. The van der Waals surface area contributed by atoms with Crippen LogP contribution in [0.1, 0.15) is 6.93 Å². The van der Waals surface area contributed by atoms with E-state index in [9.17, 15) is 0 Å². The Morgan fingerprint density at radius 3 is 1.95 bits per heavy atom. The molecule has 100 valence electrons. The lowest BCUT2D eigenvalue weighted by Crippen LogP contribution is -1.85. The van der Waals surface area contributed by atoms with E-state index in [2.05, 4.69) is 60.7 Å². The van der Waals surface area contributed by atoms with E-state index < -0.39 is 0 Å². The fraction of sp³-hybridized carbons (Fsp3) is 0.0476. The highest BCUT2D eigenvalue weighted by Crippen LogP contribution is 2.36. The smallest absolute Gasteiger partial charge is 0.0616 e. The summed E-state index contributed by atoms with van der Waals surface area (Å²) in [6, 6.07) is 25.9. The summed E-state index contributed by atoms with van der Waals surface area (Å²) in [5.74, 6) is 0. The van der Waals surface area contributed by atoms with E-state index in [1.54, 1.807) is 0 Å². The van der Waals surface area contributed by atoms with Crippen LogP contribution in [0.4, 0.5) is 0 Å². The van der Waals surface area contributed by atoms with Crippen LogP contribution in [-0.4, -0.2) is 0 Å². The molecule has 4 rings (SSSR count). The Morgan fingerprint density at radius 2 is 1.33 bits per heavy atom. The van der Waals surface area contributed by atoms with Crippen LogP contribution in [-0.2, 0) is 0 Å². The lowest BCUT2D eigenvalue weighted by molar-refractivity contribution is 1.47. The second-order valence-electron chi connectivity index (χ2n) is 5.45. The number of benzene rings is 4. The summed E-state index contributed by atoms with van der Waals surface area (Å²) >= 11 is 0. The molecule has 0 fully saturated rings. The molecule has 4 aromatic rings. The fourth-order valence-electron chi connectivity index (χ4n) is 2.98. The Kier molecular flexibility index (Phi) is 2.51. The van der Waals surface area contributed by atoms with Crippen LogP contribution >= 0.6 is 0 Å². The Hall–Kier alpha value is -2.60. The molecule has 0 nitrogen and oxygen atoms in total. The van der Waals surface area contributed by atoms with Gasteiger partial charge in [-0.1, -0.05) is 78.3 Å². The molecular weight excluding hydrogens is 252 g/mol. The predicted octanol–water partition coefficient (Wildman–Crippen LogP) is 5.97. The minimum atomic E-state index is 0.592. The summed E-state index contributed by atoms with van der Waals surface area (Å²) in [5.41, 5.74) is 3.35. The van der Waals surface area contributed by atoms with Crippen LogP contribution in [0.5, 0.6) is 0 Å². The molecule has 4 aromatic carbocycles. The predicted molar refractivity (Wildman–Crippen MR) is 91.6 cm³/mol. The number of rotatable bonds is 1. The summed E-state index contributed by atoms with van der Waals surface area (Å²) in [7, 11) is 0. The van der Waals surface area contributed by atoms with Gasteiger partial charge in [0.1, 0.15) is 0 Å². The third-order valence-corrected chi connectivity index (χ3v) is 4.03. The maximum Gasteiger partial charge on any atom is 0.0626 e. The molecule has 0 atom stereocenters. The fourth-order valence-corrected chi connectivity index (χ4v) is 2.98. The third-order valence-electron chi connectivity index (χ3n) is 4.03.